The summed E-state index contributed by atoms with van der Waals surface area (Å²) >= 11 is 8.97. The third-order valence-corrected chi connectivity index (χ3v) is 1.68. The van der Waals surface area contributed by atoms with Gasteiger partial charge in [-0.1, -0.05) is 19.8 Å². The minimum Gasteiger partial charge on any atom is -0.204 e. The Balaban J connectivity index is 3.78. The fraction of sp³-hybridized carbons (Fsp3) is 0.750. The number of nitrogens with zero attached hydrogens (tertiary/aromatic N) is 2. The number of unbranched alkanes of at least 4 members (excludes halogenated alkanes) is 2. The highest BCUT2D eigenvalue weighted by Crippen LogP contribution is 2.06. The van der Waals surface area contributed by atoms with E-state index < -0.39 is 0 Å². The molecule has 0 aromatic heterocycles. The van der Waals surface area contributed by atoms with E-state index in [-0.39, 0.29) is 6.17 Å². The zero-order valence-electron chi connectivity index (χ0n) is 7.12. The number of thiocarbonyl (C=S) groups is 2. The Hall–Kier alpha value is -0.400. The van der Waals surface area contributed by atoms with Gasteiger partial charge in [-0.05, 0) is 37.3 Å². The Bertz CT molecular complexity index is 185. The Labute approximate surface area is 83.8 Å². The molecule has 0 atom stereocenters. The predicted octanol–water partition coefficient (Wildman–Crippen LogP) is 3.10. The first-order valence-electron chi connectivity index (χ1n) is 3.99. The van der Waals surface area contributed by atoms with Crippen molar-refractivity contribution in [3.8, 4) is 0 Å². The lowest BCUT2D eigenvalue weighted by atomic mass is 10.2. The number of aliphatic imine (C=N–C) groups is 2. The van der Waals surface area contributed by atoms with Crippen LogP contribution in [0.15, 0.2) is 9.98 Å². The molecule has 12 heavy (non-hydrogen) atoms. The van der Waals surface area contributed by atoms with Gasteiger partial charge in [0.2, 0.25) is 0 Å². The molecule has 0 aliphatic carbocycles. The maximum absolute atomic E-state index is 4.48. The third-order valence-electron chi connectivity index (χ3n) is 1.47. The van der Waals surface area contributed by atoms with Gasteiger partial charge in [-0.15, -0.1) is 0 Å². The van der Waals surface area contributed by atoms with E-state index in [0.29, 0.717) is 0 Å². The molecule has 66 valence electrons. The second kappa shape index (κ2) is 8.69. The molecule has 0 spiro atoms. The van der Waals surface area contributed by atoms with Crippen LogP contribution in [-0.2, 0) is 0 Å². The van der Waals surface area contributed by atoms with Crippen molar-refractivity contribution in [3.63, 3.8) is 0 Å². The van der Waals surface area contributed by atoms with Crippen LogP contribution in [0.25, 0.3) is 0 Å². The standard InChI is InChI=1S/C8H12N2S2/c1-2-3-4-5-8(9-6-11)10-7-12/h8H,2-5H2,1H3. The highest BCUT2D eigenvalue weighted by Gasteiger charge is 2.00. The molecule has 0 amide bonds. The summed E-state index contributed by atoms with van der Waals surface area (Å²) < 4.78 is 0. The van der Waals surface area contributed by atoms with Crippen LogP contribution >= 0.6 is 24.4 Å². The Kier molecular flexibility index (Phi) is 8.40. The molecule has 0 rings (SSSR count). The molecular formula is C8H12N2S2. The van der Waals surface area contributed by atoms with Crippen LogP contribution in [0.5, 0.6) is 0 Å². The second-order valence-electron chi connectivity index (χ2n) is 2.42. The largest absolute Gasteiger partial charge is 0.204 e. The molecule has 4 heteroatoms. The van der Waals surface area contributed by atoms with Crippen molar-refractivity contribution in [3.05, 3.63) is 0 Å². The van der Waals surface area contributed by atoms with E-state index >= 15 is 0 Å². The number of hydrogen-bond acceptors (Lipinski definition) is 4. The van der Waals surface area contributed by atoms with E-state index in [4.69, 9.17) is 0 Å². The number of rotatable bonds is 6. The summed E-state index contributed by atoms with van der Waals surface area (Å²) in [4.78, 5) is 7.71. The molecule has 0 aromatic carbocycles. The van der Waals surface area contributed by atoms with Gasteiger partial charge in [-0.2, -0.15) is 0 Å². The van der Waals surface area contributed by atoms with Gasteiger partial charge < -0.3 is 0 Å². The molecule has 2 nitrogen and oxygen atoms in total. The normalized spacial score (nSPS) is 11.1. The van der Waals surface area contributed by atoms with Gasteiger partial charge in [-0.25, -0.2) is 9.98 Å². The van der Waals surface area contributed by atoms with E-state index in [9.17, 15) is 0 Å². The summed E-state index contributed by atoms with van der Waals surface area (Å²) in [5.74, 6) is 0. The van der Waals surface area contributed by atoms with Gasteiger partial charge >= 0.3 is 0 Å². The highest BCUT2D eigenvalue weighted by atomic mass is 32.1. The zero-order valence-corrected chi connectivity index (χ0v) is 8.75. The predicted molar refractivity (Wildman–Crippen MR) is 58.0 cm³/mol. The van der Waals surface area contributed by atoms with Crippen LogP contribution in [0.2, 0.25) is 0 Å². The van der Waals surface area contributed by atoms with Crippen molar-refractivity contribution in [1.29, 1.82) is 0 Å². The summed E-state index contributed by atoms with van der Waals surface area (Å²) in [7, 11) is 0. The van der Waals surface area contributed by atoms with Crippen LogP contribution in [-0.4, -0.2) is 16.5 Å². The monoisotopic (exact) mass is 200 g/mol. The van der Waals surface area contributed by atoms with Crippen molar-refractivity contribution in [2.24, 2.45) is 9.98 Å². The minimum absolute atomic E-state index is 0.147. The lowest BCUT2D eigenvalue weighted by molar-refractivity contribution is 0.583. The molecular weight excluding hydrogens is 188 g/mol. The summed E-state index contributed by atoms with van der Waals surface area (Å²) in [6, 6.07) is 0. The van der Waals surface area contributed by atoms with Crippen molar-refractivity contribution >= 4 is 34.8 Å². The molecule has 0 radical (unpaired) electrons. The van der Waals surface area contributed by atoms with Crippen molar-refractivity contribution in [1.82, 2.24) is 0 Å². The third kappa shape index (κ3) is 6.32. The van der Waals surface area contributed by atoms with Gasteiger partial charge in [0, 0.05) is 0 Å². The van der Waals surface area contributed by atoms with Gasteiger partial charge in [0.15, 0.2) is 6.17 Å². The molecule has 0 fully saturated rings. The molecule has 0 unspecified atom stereocenters. The van der Waals surface area contributed by atoms with Crippen LogP contribution in [0.4, 0.5) is 0 Å². The van der Waals surface area contributed by atoms with Crippen LogP contribution < -0.4 is 0 Å². The van der Waals surface area contributed by atoms with Gasteiger partial charge in [0.1, 0.15) is 0 Å². The summed E-state index contributed by atoms with van der Waals surface area (Å²) in [6.45, 7) is 2.15. The molecule has 0 saturated carbocycles. The minimum atomic E-state index is -0.147. The molecule has 0 aliphatic heterocycles. The molecule has 0 aliphatic rings. The van der Waals surface area contributed by atoms with E-state index in [1.807, 2.05) is 0 Å². The molecule has 0 heterocycles. The van der Waals surface area contributed by atoms with Gasteiger partial charge in [0.05, 0.1) is 10.3 Å². The lowest BCUT2D eigenvalue weighted by Gasteiger charge is -2.01. The molecule has 0 bridgehead atoms. The topological polar surface area (TPSA) is 24.7 Å². The van der Waals surface area contributed by atoms with Crippen molar-refractivity contribution in [2.45, 2.75) is 38.8 Å². The summed E-state index contributed by atoms with van der Waals surface area (Å²) in [6.07, 6.45) is 4.22. The quantitative estimate of drug-likeness (QED) is 0.374. The van der Waals surface area contributed by atoms with E-state index in [2.05, 4.69) is 51.7 Å². The Morgan fingerprint density at radius 2 is 1.75 bits per heavy atom. The Morgan fingerprint density at radius 3 is 2.17 bits per heavy atom. The van der Waals surface area contributed by atoms with Crippen LogP contribution in [0.1, 0.15) is 32.6 Å². The molecule has 0 saturated heterocycles. The maximum Gasteiger partial charge on any atom is 0.160 e. The second-order valence-corrected chi connectivity index (χ2v) is 2.78. The van der Waals surface area contributed by atoms with Gasteiger partial charge in [0.25, 0.3) is 0 Å². The van der Waals surface area contributed by atoms with Gasteiger partial charge in [-0.3, -0.25) is 0 Å². The SMILES string of the molecule is CCCCCC(N=C=S)N=C=S. The van der Waals surface area contributed by atoms with Crippen LogP contribution in [0.3, 0.4) is 0 Å². The smallest absolute Gasteiger partial charge is 0.160 e. The number of isothiocyanates is 2. The zero-order chi connectivity index (χ0) is 9.23. The fourth-order valence-electron chi connectivity index (χ4n) is 0.857. The number of hydrogen-bond donors (Lipinski definition) is 0. The summed E-state index contributed by atoms with van der Waals surface area (Å²) in [5.41, 5.74) is 0. The van der Waals surface area contributed by atoms with E-state index in [1.165, 1.54) is 12.8 Å². The average Bonchev–Trinajstić information content (AvgIpc) is 2.06. The first-order valence-corrected chi connectivity index (χ1v) is 4.80. The van der Waals surface area contributed by atoms with Crippen LogP contribution in [0, 0.1) is 0 Å². The fourth-order valence-corrected chi connectivity index (χ4v) is 1.10. The first-order chi connectivity index (χ1) is 5.85. The lowest BCUT2D eigenvalue weighted by Crippen LogP contribution is -1.98. The molecule has 0 N–H and O–H groups in total. The van der Waals surface area contributed by atoms with Crippen molar-refractivity contribution in [2.75, 3.05) is 0 Å². The van der Waals surface area contributed by atoms with E-state index in [1.54, 1.807) is 0 Å². The van der Waals surface area contributed by atoms with Crippen molar-refractivity contribution < 1.29 is 0 Å². The Morgan fingerprint density at radius 1 is 1.17 bits per heavy atom. The average molecular weight is 200 g/mol. The highest BCUT2D eigenvalue weighted by molar-refractivity contribution is 7.78. The molecule has 0 aromatic rings. The first kappa shape index (κ1) is 11.6. The summed E-state index contributed by atoms with van der Waals surface area (Å²) in [5, 5.41) is 4.62. The maximum atomic E-state index is 4.48. The van der Waals surface area contributed by atoms with E-state index in [0.717, 1.165) is 12.8 Å².